The molecule has 0 aliphatic heterocycles. The number of carbonyl (C=O) groups excluding carboxylic acids is 1. The highest BCUT2D eigenvalue weighted by molar-refractivity contribution is 5.68. The van der Waals surface area contributed by atoms with Crippen LogP contribution in [0.15, 0.2) is 60.9 Å². The van der Waals surface area contributed by atoms with Crippen molar-refractivity contribution in [1.29, 1.82) is 5.26 Å². The lowest BCUT2D eigenvalue weighted by Crippen LogP contribution is -2.50. The molecule has 1 saturated carbocycles. The number of nitriles is 1. The molecule has 1 atom stereocenters. The van der Waals surface area contributed by atoms with E-state index in [1.165, 1.54) is 18.0 Å². The highest BCUT2D eigenvalue weighted by Crippen LogP contribution is 2.30. The Hall–Kier alpha value is -4.12. The summed E-state index contributed by atoms with van der Waals surface area (Å²) in [6.07, 6.45) is 4.19. The number of benzene rings is 2. The van der Waals surface area contributed by atoms with Crippen molar-refractivity contribution >= 4 is 6.09 Å². The van der Waals surface area contributed by atoms with E-state index in [9.17, 15) is 4.79 Å². The molecule has 1 amide bonds. The Morgan fingerprint density at radius 2 is 1.53 bits per heavy atom. The predicted octanol–water partition coefficient (Wildman–Crippen LogP) is 5.73. The SMILES string of the molecule is C[C@@H](c1ccc(Oc2cnc(C#N)nc2)cc1)c1ccc(OC2CC(NC(=O)OC(C)(C)C)C2)cc1. The number of hydrogen-bond donors (Lipinski definition) is 1. The largest absolute Gasteiger partial charge is 0.490 e. The van der Waals surface area contributed by atoms with Crippen LogP contribution in [0.4, 0.5) is 4.79 Å². The first-order chi connectivity index (χ1) is 17.2. The lowest BCUT2D eigenvalue weighted by atomic mass is 9.89. The van der Waals surface area contributed by atoms with Crippen molar-refractivity contribution in [3.8, 4) is 23.3 Å². The van der Waals surface area contributed by atoms with Gasteiger partial charge in [0.1, 0.15) is 29.3 Å². The third kappa shape index (κ3) is 6.72. The average Bonchev–Trinajstić information content (AvgIpc) is 2.82. The average molecular weight is 487 g/mol. The number of nitrogens with one attached hydrogen (secondary N) is 1. The van der Waals surface area contributed by atoms with Gasteiger partial charge in [-0.15, -0.1) is 0 Å². The second-order valence-electron chi connectivity index (χ2n) is 9.87. The van der Waals surface area contributed by atoms with E-state index in [-0.39, 0.29) is 30.0 Å². The van der Waals surface area contributed by atoms with Gasteiger partial charge in [-0.05, 0) is 56.2 Å². The second kappa shape index (κ2) is 10.6. The Morgan fingerprint density at radius 3 is 2.06 bits per heavy atom. The molecule has 1 N–H and O–H groups in total. The van der Waals surface area contributed by atoms with Gasteiger partial charge < -0.3 is 19.5 Å². The topological polar surface area (TPSA) is 106 Å². The van der Waals surface area contributed by atoms with Crippen LogP contribution in [0.2, 0.25) is 0 Å². The molecule has 1 fully saturated rings. The zero-order valence-electron chi connectivity index (χ0n) is 20.9. The van der Waals surface area contributed by atoms with Crippen molar-refractivity contribution in [2.24, 2.45) is 0 Å². The molecule has 36 heavy (non-hydrogen) atoms. The second-order valence-corrected chi connectivity index (χ2v) is 9.87. The first-order valence-corrected chi connectivity index (χ1v) is 11.9. The first-order valence-electron chi connectivity index (χ1n) is 11.9. The van der Waals surface area contributed by atoms with Crippen LogP contribution < -0.4 is 14.8 Å². The molecule has 1 aliphatic rings. The van der Waals surface area contributed by atoms with E-state index in [1.54, 1.807) is 0 Å². The molecule has 1 heterocycles. The summed E-state index contributed by atoms with van der Waals surface area (Å²) in [6, 6.07) is 18.0. The highest BCUT2D eigenvalue weighted by atomic mass is 16.6. The van der Waals surface area contributed by atoms with Crippen LogP contribution in [0, 0.1) is 11.3 Å². The molecule has 0 saturated heterocycles. The molecule has 8 heteroatoms. The van der Waals surface area contributed by atoms with Gasteiger partial charge in [-0.2, -0.15) is 5.26 Å². The summed E-state index contributed by atoms with van der Waals surface area (Å²) in [5.41, 5.74) is 1.83. The van der Waals surface area contributed by atoms with E-state index in [2.05, 4.69) is 34.3 Å². The number of nitrogens with zero attached hydrogens (tertiary/aromatic N) is 3. The summed E-state index contributed by atoms with van der Waals surface area (Å²) >= 11 is 0. The molecule has 4 rings (SSSR count). The number of carbonyl (C=O) groups is 1. The third-order valence-electron chi connectivity index (χ3n) is 5.84. The van der Waals surface area contributed by atoms with Crippen molar-refractivity contribution in [3.63, 3.8) is 0 Å². The summed E-state index contributed by atoms with van der Waals surface area (Å²) in [5.74, 6) is 2.26. The fourth-order valence-corrected chi connectivity index (χ4v) is 3.86. The number of rotatable bonds is 7. The van der Waals surface area contributed by atoms with E-state index in [1.807, 2.05) is 63.2 Å². The summed E-state index contributed by atoms with van der Waals surface area (Å²) in [4.78, 5) is 19.7. The lowest BCUT2D eigenvalue weighted by molar-refractivity contribution is 0.0363. The van der Waals surface area contributed by atoms with Crippen molar-refractivity contribution in [2.75, 3.05) is 0 Å². The molecule has 0 radical (unpaired) electrons. The number of ether oxygens (including phenoxy) is 3. The van der Waals surface area contributed by atoms with Crippen LogP contribution in [0.25, 0.3) is 0 Å². The number of amides is 1. The van der Waals surface area contributed by atoms with Gasteiger partial charge in [-0.25, -0.2) is 14.8 Å². The molecular weight excluding hydrogens is 456 g/mol. The maximum atomic E-state index is 11.9. The smallest absolute Gasteiger partial charge is 0.407 e. The maximum absolute atomic E-state index is 11.9. The zero-order valence-corrected chi connectivity index (χ0v) is 20.9. The molecule has 0 spiro atoms. The van der Waals surface area contributed by atoms with Crippen molar-refractivity contribution in [1.82, 2.24) is 15.3 Å². The van der Waals surface area contributed by atoms with Gasteiger partial charge in [0.05, 0.1) is 12.4 Å². The Kier molecular flexibility index (Phi) is 7.39. The molecular formula is C28H30N4O4. The molecule has 1 aromatic heterocycles. The van der Waals surface area contributed by atoms with Crippen LogP contribution >= 0.6 is 0 Å². The lowest BCUT2D eigenvalue weighted by Gasteiger charge is -2.36. The summed E-state index contributed by atoms with van der Waals surface area (Å²) in [6.45, 7) is 7.70. The van der Waals surface area contributed by atoms with E-state index < -0.39 is 5.60 Å². The normalized spacial score (nSPS) is 17.8. The number of hydrogen-bond acceptors (Lipinski definition) is 7. The van der Waals surface area contributed by atoms with Crippen molar-refractivity contribution in [2.45, 2.75) is 64.2 Å². The van der Waals surface area contributed by atoms with E-state index in [0.29, 0.717) is 11.5 Å². The Bertz CT molecular complexity index is 1210. The minimum absolute atomic E-state index is 0.0838. The quantitative estimate of drug-likeness (QED) is 0.455. The van der Waals surface area contributed by atoms with Gasteiger partial charge in [-0.3, -0.25) is 0 Å². The number of alkyl carbamates (subject to hydrolysis) is 1. The minimum atomic E-state index is -0.500. The molecule has 0 unspecified atom stereocenters. The Morgan fingerprint density at radius 1 is 0.972 bits per heavy atom. The van der Waals surface area contributed by atoms with Crippen LogP contribution in [0.5, 0.6) is 17.2 Å². The van der Waals surface area contributed by atoms with Gasteiger partial charge in [0.2, 0.25) is 5.82 Å². The Balaban J connectivity index is 1.26. The van der Waals surface area contributed by atoms with Crippen LogP contribution in [0.1, 0.15) is 63.4 Å². The summed E-state index contributed by atoms with van der Waals surface area (Å²) in [5, 5.41) is 11.7. The van der Waals surface area contributed by atoms with Crippen molar-refractivity contribution in [3.05, 3.63) is 77.9 Å². The van der Waals surface area contributed by atoms with Crippen molar-refractivity contribution < 1.29 is 19.0 Å². The minimum Gasteiger partial charge on any atom is -0.490 e. The monoisotopic (exact) mass is 486 g/mol. The molecule has 186 valence electrons. The standard InChI is InChI=1S/C28H30N4O4/c1-18(20-7-11-23(12-8-20)35-25-16-30-26(15-29)31-17-25)19-5-9-22(10-6-19)34-24-13-21(14-24)32-27(33)36-28(2,3)4/h5-12,16-18,21,24H,13-14H2,1-4H3,(H,32,33)/t18-,21?,24?/m1/s1. The van der Waals surface area contributed by atoms with Crippen LogP contribution in [-0.4, -0.2) is 33.8 Å². The predicted molar refractivity (Wildman–Crippen MR) is 134 cm³/mol. The number of aromatic nitrogens is 2. The van der Waals surface area contributed by atoms with Gasteiger partial charge in [0.15, 0.2) is 5.75 Å². The maximum Gasteiger partial charge on any atom is 0.407 e. The van der Waals surface area contributed by atoms with Gasteiger partial charge in [0, 0.05) is 24.8 Å². The summed E-state index contributed by atoms with van der Waals surface area (Å²) < 4.78 is 17.1. The molecule has 0 bridgehead atoms. The highest BCUT2D eigenvalue weighted by Gasteiger charge is 2.33. The van der Waals surface area contributed by atoms with E-state index >= 15 is 0 Å². The fraction of sp³-hybridized carbons (Fsp3) is 0.357. The fourth-order valence-electron chi connectivity index (χ4n) is 3.86. The van der Waals surface area contributed by atoms with Crippen LogP contribution in [0.3, 0.4) is 0 Å². The first kappa shape index (κ1) is 25.0. The van der Waals surface area contributed by atoms with E-state index in [4.69, 9.17) is 19.5 Å². The molecule has 2 aromatic carbocycles. The summed E-state index contributed by atoms with van der Waals surface area (Å²) in [7, 11) is 0. The Labute approximate surface area is 211 Å². The van der Waals surface area contributed by atoms with Gasteiger partial charge >= 0.3 is 6.09 Å². The third-order valence-corrected chi connectivity index (χ3v) is 5.84. The van der Waals surface area contributed by atoms with Gasteiger partial charge in [-0.1, -0.05) is 31.2 Å². The molecule has 3 aromatic rings. The van der Waals surface area contributed by atoms with E-state index in [0.717, 1.165) is 24.2 Å². The zero-order chi connectivity index (χ0) is 25.7. The molecule has 1 aliphatic carbocycles. The molecule has 8 nitrogen and oxygen atoms in total. The van der Waals surface area contributed by atoms with Crippen LogP contribution in [-0.2, 0) is 4.74 Å². The van der Waals surface area contributed by atoms with Gasteiger partial charge in [0.25, 0.3) is 0 Å².